The molecule has 0 heterocycles. The highest BCUT2D eigenvalue weighted by atomic mass is 35.5. The Morgan fingerprint density at radius 3 is 2.69 bits per heavy atom. The third-order valence-corrected chi connectivity index (χ3v) is 2.64. The summed E-state index contributed by atoms with van der Waals surface area (Å²) >= 11 is 5.85. The zero-order valence-corrected chi connectivity index (χ0v) is 9.52. The molecule has 0 fully saturated rings. The summed E-state index contributed by atoms with van der Waals surface area (Å²) in [5.41, 5.74) is 0.178. The molecule has 0 aliphatic carbocycles. The van der Waals surface area contributed by atoms with Gasteiger partial charge in [0.15, 0.2) is 0 Å². The third kappa shape index (κ3) is 2.30. The van der Waals surface area contributed by atoms with Gasteiger partial charge in [-0.05, 0) is 12.5 Å². The highest BCUT2D eigenvalue weighted by Gasteiger charge is 2.23. The van der Waals surface area contributed by atoms with Gasteiger partial charge in [-0.1, -0.05) is 23.7 Å². The summed E-state index contributed by atoms with van der Waals surface area (Å²) in [6, 6.07) is 4.34. The van der Waals surface area contributed by atoms with Gasteiger partial charge < -0.3 is 4.74 Å². The molecule has 0 N–H and O–H groups in total. The second-order valence-corrected chi connectivity index (χ2v) is 3.56. The van der Waals surface area contributed by atoms with Gasteiger partial charge in [-0.3, -0.25) is 14.9 Å². The summed E-state index contributed by atoms with van der Waals surface area (Å²) in [5, 5.41) is 10.6. The van der Waals surface area contributed by atoms with Crippen LogP contribution in [0.25, 0.3) is 0 Å². The first kappa shape index (κ1) is 12.4. The van der Waals surface area contributed by atoms with Crippen LogP contribution < -0.4 is 0 Å². The van der Waals surface area contributed by atoms with Crippen molar-refractivity contribution in [3.63, 3.8) is 0 Å². The van der Waals surface area contributed by atoms with E-state index in [1.54, 1.807) is 13.0 Å². The highest BCUT2D eigenvalue weighted by molar-refractivity contribution is 6.33. The normalized spacial score (nSPS) is 11.9. The molecule has 0 saturated heterocycles. The van der Waals surface area contributed by atoms with E-state index >= 15 is 0 Å². The lowest BCUT2D eigenvalue weighted by Crippen LogP contribution is -2.11. The maximum atomic E-state index is 11.3. The minimum atomic E-state index is -0.627. The Labute approximate surface area is 97.1 Å². The van der Waals surface area contributed by atoms with Gasteiger partial charge in [-0.25, -0.2) is 0 Å². The van der Waals surface area contributed by atoms with Crippen molar-refractivity contribution >= 4 is 23.3 Å². The van der Waals surface area contributed by atoms with Crippen molar-refractivity contribution in [3.8, 4) is 0 Å². The summed E-state index contributed by atoms with van der Waals surface area (Å²) in [5.74, 6) is -1.11. The van der Waals surface area contributed by atoms with Gasteiger partial charge in [0, 0.05) is 6.07 Å². The van der Waals surface area contributed by atoms with Crippen molar-refractivity contribution in [1.29, 1.82) is 0 Å². The van der Waals surface area contributed by atoms with Crippen LogP contribution in [0.3, 0.4) is 0 Å². The van der Waals surface area contributed by atoms with Crippen LogP contribution in [0.2, 0.25) is 5.02 Å². The molecule has 1 unspecified atom stereocenters. The minimum absolute atomic E-state index is 0.0228. The Morgan fingerprint density at radius 1 is 1.56 bits per heavy atom. The number of carbonyl (C=O) groups is 1. The van der Waals surface area contributed by atoms with Crippen molar-refractivity contribution in [3.05, 3.63) is 38.9 Å². The topological polar surface area (TPSA) is 69.4 Å². The molecule has 1 aromatic carbocycles. The second-order valence-electron chi connectivity index (χ2n) is 3.18. The first-order chi connectivity index (χ1) is 7.49. The molecule has 0 aliphatic rings. The van der Waals surface area contributed by atoms with E-state index in [2.05, 4.69) is 4.74 Å². The van der Waals surface area contributed by atoms with Crippen LogP contribution in [0.1, 0.15) is 18.4 Å². The summed E-state index contributed by atoms with van der Waals surface area (Å²) in [4.78, 5) is 21.3. The maximum absolute atomic E-state index is 11.3. The van der Waals surface area contributed by atoms with Crippen molar-refractivity contribution in [2.24, 2.45) is 0 Å². The molecular weight excluding hydrogens is 234 g/mol. The number of esters is 1. The first-order valence-corrected chi connectivity index (χ1v) is 4.87. The van der Waals surface area contributed by atoms with Gasteiger partial charge in [0.25, 0.3) is 5.69 Å². The van der Waals surface area contributed by atoms with E-state index in [1.807, 2.05) is 0 Å². The van der Waals surface area contributed by atoms with Gasteiger partial charge in [-0.15, -0.1) is 0 Å². The van der Waals surface area contributed by atoms with Crippen LogP contribution in [0, 0.1) is 10.1 Å². The van der Waals surface area contributed by atoms with E-state index in [4.69, 9.17) is 11.6 Å². The molecule has 1 rings (SSSR count). The quantitative estimate of drug-likeness (QED) is 0.465. The van der Waals surface area contributed by atoms with E-state index in [0.29, 0.717) is 5.56 Å². The zero-order chi connectivity index (χ0) is 12.3. The average Bonchev–Trinajstić information content (AvgIpc) is 2.27. The molecule has 0 radical (unpaired) electrons. The maximum Gasteiger partial charge on any atom is 0.312 e. The number of halogens is 1. The molecule has 6 heteroatoms. The van der Waals surface area contributed by atoms with Crippen LogP contribution in [-0.4, -0.2) is 18.0 Å². The number of hydrogen-bond donors (Lipinski definition) is 0. The van der Waals surface area contributed by atoms with Gasteiger partial charge in [0.1, 0.15) is 5.02 Å². The average molecular weight is 244 g/mol. The molecule has 0 aliphatic heterocycles. The number of nitro groups is 1. The fraction of sp³-hybridized carbons (Fsp3) is 0.300. The van der Waals surface area contributed by atoms with Crippen molar-refractivity contribution in [2.75, 3.05) is 7.11 Å². The van der Waals surface area contributed by atoms with Crippen LogP contribution in [-0.2, 0) is 9.53 Å². The monoisotopic (exact) mass is 243 g/mol. The standard InChI is InChI=1S/C10H10ClNO4/c1-6(10(13)16-2)7-4-3-5-8(9(7)11)12(14)15/h3-6H,1-2H3. The third-order valence-electron chi connectivity index (χ3n) is 2.23. The Bertz CT molecular complexity index is 433. The smallest absolute Gasteiger partial charge is 0.312 e. The number of carbonyl (C=O) groups excluding carboxylic acids is 1. The summed E-state index contributed by atoms with van der Waals surface area (Å²) in [6.45, 7) is 1.58. The molecular formula is C10H10ClNO4. The molecule has 16 heavy (non-hydrogen) atoms. The number of nitro benzene ring substituents is 1. The Balaban J connectivity index is 3.20. The summed E-state index contributed by atoms with van der Waals surface area (Å²) < 4.78 is 4.55. The molecule has 0 spiro atoms. The van der Waals surface area contributed by atoms with E-state index in [-0.39, 0.29) is 10.7 Å². The van der Waals surface area contributed by atoms with Crippen LogP contribution >= 0.6 is 11.6 Å². The lowest BCUT2D eigenvalue weighted by Gasteiger charge is -2.10. The van der Waals surface area contributed by atoms with Gasteiger partial charge in [0.2, 0.25) is 0 Å². The van der Waals surface area contributed by atoms with Gasteiger partial charge in [-0.2, -0.15) is 0 Å². The zero-order valence-electron chi connectivity index (χ0n) is 8.77. The van der Waals surface area contributed by atoms with Gasteiger partial charge in [0.05, 0.1) is 18.0 Å². The van der Waals surface area contributed by atoms with E-state index in [1.165, 1.54) is 19.2 Å². The number of nitrogens with zero attached hydrogens (tertiary/aromatic N) is 1. The molecule has 0 saturated carbocycles. The summed E-state index contributed by atoms with van der Waals surface area (Å²) in [6.07, 6.45) is 0. The molecule has 5 nitrogen and oxygen atoms in total. The Kier molecular flexibility index (Phi) is 3.84. The lowest BCUT2D eigenvalue weighted by atomic mass is 10.0. The fourth-order valence-corrected chi connectivity index (χ4v) is 1.67. The molecule has 0 amide bonds. The Hall–Kier alpha value is -1.62. The second kappa shape index (κ2) is 4.94. The van der Waals surface area contributed by atoms with Crippen molar-refractivity contribution in [1.82, 2.24) is 0 Å². The SMILES string of the molecule is COC(=O)C(C)c1cccc([N+](=O)[O-])c1Cl. The molecule has 0 bridgehead atoms. The van der Waals surface area contributed by atoms with Crippen molar-refractivity contribution in [2.45, 2.75) is 12.8 Å². The molecule has 1 aromatic rings. The predicted molar refractivity (Wildman–Crippen MR) is 58.5 cm³/mol. The van der Waals surface area contributed by atoms with Crippen LogP contribution in [0.4, 0.5) is 5.69 Å². The van der Waals surface area contributed by atoms with Crippen molar-refractivity contribution < 1.29 is 14.5 Å². The largest absolute Gasteiger partial charge is 0.469 e. The number of methoxy groups -OCH3 is 1. The van der Waals surface area contributed by atoms with E-state index < -0.39 is 16.8 Å². The lowest BCUT2D eigenvalue weighted by molar-refractivity contribution is -0.384. The number of benzene rings is 1. The summed E-state index contributed by atoms with van der Waals surface area (Å²) in [7, 11) is 1.25. The molecule has 1 atom stereocenters. The minimum Gasteiger partial charge on any atom is -0.469 e. The Morgan fingerprint density at radius 2 is 2.19 bits per heavy atom. The van der Waals surface area contributed by atoms with Crippen LogP contribution in [0.15, 0.2) is 18.2 Å². The predicted octanol–water partition coefficient (Wildman–Crippen LogP) is 2.52. The van der Waals surface area contributed by atoms with Crippen LogP contribution in [0.5, 0.6) is 0 Å². The molecule has 0 aromatic heterocycles. The van der Waals surface area contributed by atoms with E-state index in [9.17, 15) is 14.9 Å². The fourth-order valence-electron chi connectivity index (χ4n) is 1.32. The van der Waals surface area contributed by atoms with E-state index in [0.717, 1.165) is 0 Å². The number of hydrogen-bond acceptors (Lipinski definition) is 4. The number of ether oxygens (including phenoxy) is 1. The number of rotatable bonds is 3. The van der Waals surface area contributed by atoms with Gasteiger partial charge >= 0.3 is 5.97 Å². The first-order valence-electron chi connectivity index (χ1n) is 4.49. The highest BCUT2D eigenvalue weighted by Crippen LogP contribution is 2.32. The molecule has 86 valence electrons.